The summed E-state index contributed by atoms with van der Waals surface area (Å²) in [7, 11) is 0. The summed E-state index contributed by atoms with van der Waals surface area (Å²) in [6, 6.07) is 0. The molecule has 0 unspecified atom stereocenters. The summed E-state index contributed by atoms with van der Waals surface area (Å²) in [5, 5.41) is 0. The van der Waals surface area contributed by atoms with Gasteiger partial charge in [-0.15, -0.1) is 0 Å². The fraction of sp³-hybridized carbons (Fsp3) is 0.818. The second kappa shape index (κ2) is 41.2. The van der Waals surface area contributed by atoms with Gasteiger partial charge in [0.25, 0.3) is 0 Å². The van der Waals surface area contributed by atoms with E-state index in [2.05, 4.69) is 61.2 Å². The van der Waals surface area contributed by atoms with Gasteiger partial charge in [-0.25, -0.2) is 0 Å². The van der Waals surface area contributed by atoms with Crippen LogP contribution in [0.3, 0.4) is 0 Å². The molecule has 0 N–H and O–H groups in total. The molecule has 0 bridgehead atoms. The molecule has 0 radical (unpaired) electrons. The van der Waals surface area contributed by atoms with Crippen LogP contribution in [-0.4, -0.2) is 0 Å². The Morgan fingerprint density at radius 2 is 0.386 bits per heavy atom. The number of hydrogen-bond acceptors (Lipinski definition) is 0. The molecular weight excluding hydrogens is 528 g/mol. The second-order valence-corrected chi connectivity index (χ2v) is 13.2. The van der Waals surface area contributed by atoms with Gasteiger partial charge in [-0.05, 0) is 48.4 Å². The van der Waals surface area contributed by atoms with E-state index < -0.39 is 0 Å². The molecule has 0 atom stereocenters. The van der Waals surface area contributed by atoms with Gasteiger partial charge in [0.2, 0.25) is 0 Å². The standard InChI is InChI=1S/C44H74/c1-3-5-7-9-11-13-15-17-19-21-23-25-27-29-31-33-35-37-39-41-43-44-42-40-38-36-34-32-30-28-26-24-22-20-18-16-14-12-10-8-6-4-2/h3-36H2,1-2H3. The van der Waals surface area contributed by atoms with E-state index in [1.165, 1.54) is 205 Å². The highest BCUT2D eigenvalue weighted by molar-refractivity contribution is 5.39. The molecule has 0 nitrogen and oxygen atoms in total. The van der Waals surface area contributed by atoms with Crippen LogP contribution < -0.4 is 0 Å². The van der Waals surface area contributed by atoms with Crippen molar-refractivity contribution < 1.29 is 0 Å². The van der Waals surface area contributed by atoms with Crippen LogP contribution in [0, 0.1) is 47.4 Å². The number of unbranched alkanes of at least 4 members (excludes halogenated alkanes) is 32. The van der Waals surface area contributed by atoms with E-state index in [1.807, 2.05) is 0 Å². The van der Waals surface area contributed by atoms with Crippen molar-refractivity contribution in [3.8, 4) is 47.4 Å². The minimum Gasteiger partial charge on any atom is -0.0891 e. The van der Waals surface area contributed by atoms with E-state index in [-0.39, 0.29) is 0 Å². The smallest absolute Gasteiger partial charge is 0.00989 e. The van der Waals surface area contributed by atoms with Gasteiger partial charge in [-0.1, -0.05) is 218 Å². The van der Waals surface area contributed by atoms with Crippen LogP contribution in [0.5, 0.6) is 0 Å². The minimum atomic E-state index is 0.958. The molecule has 0 saturated heterocycles. The monoisotopic (exact) mass is 603 g/mol. The summed E-state index contributed by atoms with van der Waals surface area (Å²) in [5.41, 5.74) is 0. The Bertz CT molecular complexity index is 731. The van der Waals surface area contributed by atoms with Crippen molar-refractivity contribution in [3.63, 3.8) is 0 Å². The summed E-state index contributed by atoms with van der Waals surface area (Å²) >= 11 is 0. The van der Waals surface area contributed by atoms with E-state index in [9.17, 15) is 0 Å². The molecule has 0 heteroatoms. The quantitative estimate of drug-likeness (QED) is 0.0530. The Morgan fingerprint density at radius 3 is 0.614 bits per heavy atom. The fourth-order valence-corrected chi connectivity index (χ4v) is 5.86. The van der Waals surface area contributed by atoms with Crippen molar-refractivity contribution >= 4 is 0 Å². The van der Waals surface area contributed by atoms with E-state index in [1.54, 1.807) is 0 Å². The first kappa shape index (κ1) is 42.2. The molecule has 0 amide bonds. The minimum absolute atomic E-state index is 0.958. The van der Waals surface area contributed by atoms with Crippen LogP contribution in [0.25, 0.3) is 0 Å². The van der Waals surface area contributed by atoms with Crippen LogP contribution in [0.15, 0.2) is 0 Å². The fourth-order valence-electron chi connectivity index (χ4n) is 5.86. The lowest BCUT2D eigenvalue weighted by atomic mass is 10.0. The van der Waals surface area contributed by atoms with Crippen LogP contribution >= 0.6 is 0 Å². The molecule has 250 valence electrons. The number of rotatable bonds is 32. The maximum Gasteiger partial charge on any atom is 0.00989 e. The summed E-state index contributed by atoms with van der Waals surface area (Å²) in [5.74, 6) is 23.5. The van der Waals surface area contributed by atoms with Crippen LogP contribution in [0.1, 0.15) is 232 Å². The summed E-state index contributed by atoms with van der Waals surface area (Å²) < 4.78 is 0. The Hall–Kier alpha value is -1.76. The normalized spacial score (nSPS) is 10.1. The first-order valence-corrected chi connectivity index (χ1v) is 19.9. The lowest BCUT2D eigenvalue weighted by molar-refractivity contribution is 0.530. The van der Waals surface area contributed by atoms with Crippen molar-refractivity contribution in [1.29, 1.82) is 0 Å². The molecule has 0 aliphatic carbocycles. The molecule has 0 aromatic carbocycles. The predicted octanol–water partition coefficient (Wildman–Crippen LogP) is 14.3. The highest BCUT2D eigenvalue weighted by Gasteiger charge is 1.96. The molecule has 0 heterocycles. The average Bonchev–Trinajstić information content (AvgIpc) is 3.04. The largest absolute Gasteiger partial charge is 0.0891 e. The third kappa shape index (κ3) is 40.2. The van der Waals surface area contributed by atoms with Crippen molar-refractivity contribution in [2.45, 2.75) is 232 Å². The van der Waals surface area contributed by atoms with Gasteiger partial charge in [0.1, 0.15) is 0 Å². The highest BCUT2D eigenvalue weighted by atomic mass is 14.0. The van der Waals surface area contributed by atoms with E-state index in [0.717, 1.165) is 12.8 Å². The Balaban J connectivity index is 3.36. The Labute approximate surface area is 278 Å². The molecule has 0 spiro atoms. The third-order valence-electron chi connectivity index (χ3n) is 8.80. The molecule has 0 saturated carbocycles. The third-order valence-corrected chi connectivity index (χ3v) is 8.80. The Kier molecular flexibility index (Phi) is 39.6. The molecule has 0 aliphatic rings. The molecule has 0 aromatic rings. The van der Waals surface area contributed by atoms with E-state index in [4.69, 9.17) is 0 Å². The number of hydrogen-bond donors (Lipinski definition) is 0. The van der Waals surface area contributed by atoms with Crippen LogP contribution in [0.4, 0.5) is 0 Å². The van der Waals surface area contributed by atoms with Gasteiger partial charge < -0.3 is 0 Å². The first-order valence-electron chi connectivity index (χ1n) is 19.9. The molecular formula is C44H74. The maximum atomic E-state index is 3.17. The van der Waals surface area contributed by atoms with Crippen molar-refractivity contribution in [2.24, 2.45) is 0 Å². The van der Waals surface area contributed by atoms with Gasteiger partial charge >= 0.3 is 0 Å². The van der Waals surface area contributed by atoms with Crippen molar-refractivity contribution in [2.75, 3.05) is 0 Å². The zero-order chi connectivity index (χ0) is 31.7. The SMILES string of the molecule is CCCCCCCCCCCCCCCCCCC#CC#CC#CC#CCCCCCCCCCCCCCCCCCC. The molecule has 44 heavy (non-hydrogen) atoms. The van der Waals surface area contributed by atoms with Crippen LogP contribution in [-0.2, 0) is 0 Å². The van der Waals surface area contributed by atoms with E-state index in [0.29, 0.717) is 0 Å². The zero-order valence-corrected chi connectivity index (χ0v) is 30.0. The summed E-state index contributed by atoms with van der Waals surface area (Å²) in [4.78, 5) is 0. The lowest BCUT2D eigenvalue weighted by Gasteiger charge is -2.03. The van der Waals surface area contributed by atoms with Gasteiger partial charge in [0.05, 0.1) is 0 Å². The predicted molar refractivity (Wildman–Crippen MR) is 199 cm³/mol. The first-order chi connectivity index (χ1) is 21.9. The molecule has 0 rings (SSSR count). The van der Waals surface area contributed by atoms with Crippen molar-refractivity contribution in [1.82, 2.24) is 0 Å². The topological polar surface area (TPSA) is 0 Å². The average molecular weight is 603 g/mol. The van der Waals surface area contributed by atoms with Gasteiger partial charge in [-0.3, -0.25) is 0 Å². The zero-order valence-electron chi connectivity index (χ0n) is 30.0. The Morgan fingerprint density at radius 1 is 0.205 bits per heavy atom. The molecule has 0 aliphatic heterocycles. The highest BCUT2D eigenvalue weighted by Crippen LogP contribution is 2.15. The van der Waals surface area contributed by atoms with Crippen molar-refractivity contribution in [3.05, 3.63) is 0 Å². The summed E-state index contributed by atoms with van der Waals surface area (Å²) in [6.45, 7) is 4.59. The molecule has 0 aromatic heterocycles. The van der Waals surface area contributed by atoms with Gasteiger partial charge in [0, 0.05) is 12.8 Å². The second-order valence-electron chi connectivity index (χ2n) is 13.2. The maximum absolute atomic E-state index is 3.17. The van der Waals surface area contributed by atoms with E-state index >= 15 is 0 Å². The summed E-state index contributed by atoms with van der Waals surface area (Å²) in [6.07, 6.45) is 46.9. The van der Waals surface area contributed by atoms with Gasteiger partial charge in [0.15, 0.2) is 0 Å². The molecule has 0 fully saturated rings. The van der Waals surface area contributed by atoms with Gasteiger partial charge in [-0.2, -0.15) is 0 Å². The lowest BCUT2D eigenvalue weighted by Crippen LogP contribution is -1.83. The van der Waals surface area contributed by atoms with Crippen LogP contribution in [0.2, 0.25) is 0 Å².